The van der Waals surface area contributed by atoms with Crippen LogP contribution in [0, 0.1) is 12.3 Å². The average Bonchev–Trinajstić information content (AvgIpc) is 3.56. The van der Waals surface area contributed by atoms with Crippen LogP contribution in [-0.2, 0) is 25.5 Å². The molecule has 232 valence electrons. The minimum absolute atomic E-state index is 0.0161. The van der Waals surface area contributed by atoms with E-state index in [1.165, 1.54) is 6.20 Å². The molecular weight excluding hydrogens is 580 g/mol. The number of carbonyl (C=O) groups excluding carboxylic acids is 5. The minimum atomic E-state index is -1.66. The quantitative estimate of drug-likeness (QED) is 0.115. The number of nitrogens with one attached hydrogen (secondary N) is 1. The zero-order valence-electron chi connectivity index (χ0n) is 25.3. The number of rotatable bonds is 11. The van der Waals surface area contributed by atoms with Gasteiger partial charge >= 0.3 is 11.9 Å². The van der Waals surface area contributed by atoms with Crippen molar-refractivity contribution < 1.29 is 33.5 Å². The number of carbonyl (C=O) groups is 5. The van der Waals surface area contributed by atoms with Crippen molar-refractivity contribution in [2.24, 2.45) is 5.41 Å². The van der Waals surface area contributed by atoms with Crippen LogP contribution in [0.3, 0.4) is 0 Å². The lowest BCUT2D eigenvalue weighted by atomic mass is 9.81. The van der Waals surface area contributed by atoms with Gasteiger partial charge in [-0.25, -0.2) is 19.5 Å². The van der Waals surface area contributed by atoms with Gasteiger partial charge in [0.15, 0.2) is 0 Å². The molecule has 3 heterocycles. The molecule has 13 heteroatoms. The Bertz CT molecular complexity index is 1800. The number of esters is 1. The van der Waals surface area contributed by atoms with Crippen molar-refractivity contribution in [3.8, 4) is 0 Å². The molecule has 1 N–H and O–H groups in total. The van der Waals surface area contributed by atoms with Gasteiger partial charge < -0.3 is 14.9 Å². The van der Waals surface area contributed by atoms with Crippen LogP contribution in [0.25, 0.3) is 11.2 Å². The summed E-state index contributed by atoms with van der Waals surface area (Å²) in [5, 5.41) is 10.4. The Morgan fingerprint density at radius 2 is 1.69 bits per heavy atom. The van der Waals surface area contributed by atoms with Crippen LogP contribution in [0.5, 0.6) is 0 Å². The van der Waals surface area contributed by atoms with E-state index in [9.17, 15) is 24.0 Å². The van der Waals surface area contributed by atoms with E-state index in [-0.39, 0.29) is 31.5 Å². The fraction of sp³-hybridized carbons (Fsp3) is 0.312. The summed E-state index contributed by atoms with van der Waals surface area (Å²) in [6.45, 7) is 6.83. The first kappa shape index (κ1) is 31.0. The number of aromatic nitrogens is 4. The lowest BCUT2D eigenvalue weighted by molar-refractivity contribution is -0.165. The molecule has 5 rings (SSSR count). The lowest BCUT2D eigenvalue weighted by Gasteiger charge is -2.29. The van der Waals surface area contributed by atoms with Crippen LogP contribution in [0.1, 0.15) is 65.5 Å². The molecule has 1 aliphatic rings. The van der Waals surface area contributed by atoms with Crippen molar-refractivity contribution in [1.82, 2.24) is 25.5 Å². The van der Waals surface area contributed by atoms with Crippen LogP contribution in [0.2, 0.25) is 0 Å². The summed E-state index contributed by atoms with van der Waals surface area (Å²) in [6, 6.07) is 13.8. The van der Waals surface area contributed by atoms with Gasteiger partial charge in [0.05, 0.1) is 23.4 Å². The molecule has 3 amide bonds. The summed E-state index contributed by atoms with van der Waals surface area (Å²) in [7, 11) is 0. The maximum Gasteiger partial charge on any atom is 0.350 e. The van der Waals surface area contributed by atoms with E-state index in [0.717, 1.165) is 9.75 Å². The van der Waals surface area contributed by atoms with E-state index >= 15 is 0 Å². The average molecular weight is 613 g/mol. The van der Waals surface area contributed by atoms with Crippen LogP contribution >= 0.6 is 0 Å². The van der Waals surface area contributed by atoms with Crippen molar-refractivity contribution in [2.75, 3.05) is 11.5 Å². The van der Waals surface area contributed by atoms with Crippen molar-refractivity contribution >= 4 is 46.5 Å². The minimum Gasteiger partial charge on any atom is -0.464 e. The molecule has 0 unspecified atom stereocenters. The molecule has 2 aromatic heterocycles. The molecule has 0 spiro atoms. The molecule has 1 atom stereocenters. The first-order valence-corrected chi connectivity index (χ1v) is 14.6. The van der Waals surface area contributed by atoms with Crippen molar-refractivity contribution in [1.29, 1.82) is 0 Å². The maximum atomic E-state index is 13.7. The zero-order valence-corrected chi connectivity index (χ0v) is 25.3. The largest absolute Gasteiger partial charge is 0.464 e. The predicted molar refractivity (Wildman–Crippen MR) is 161 cm³/mol. The number of benzene rings is 2. The number of nitrogens with zero attached hydrogens (tertiary/aromatic N) is 5. The molecular formula is C32H32N6O7. The fourth-order valence-corrected chi connectivity index (χ4v) is 5.36. The van der Waals surface area contributed by atoms with Crippen LogP contribution in [0.4, 0.5) is 5.69 Å². The van der Waals surface area contributed by atoms with Gasteiger partial charge in [-0.05, 0) is 78.2 Å². The highest BCUT2D eigenvalue weighted by Gasteiger charge is 2.47. The number of aryl methyl sites for hydroxylation is 1. The summed E-state index contributed by atoms with van der Waals surface area (Å²) in [5.74, 6) is -3.11. The molecule has 0 saturated carbocycles. The van der Waals surface area contributed by atoms with E-state index in [1.54, 1.807) is 82.3 Å². The topological polar surface area (TPSA) is 163 Å². The second-order valence-corrected chi connectivity index (χ2v) is 10.6. The molecule has 0 fully saturated rings. The molecule has 13 nitrogen and oxygen atoms in total. The van der Waals surface area contributed by atoms with Gasteiger partial charge in [-0.15, -0.1) is 5.10 Å². The predicted octanol–water partition coefficient (Wildman–Crippen LogP) is 2.99. The molecule has 4 aromatic rings. The Labute approximate surface area is 258 Å². The molecule has 2 aromatic carbocycles. The number of fused-ring (bicyclic) bond motifs is 2. The van der Waals surface area contributed by atoms with Crippen molar-refractivity contribution in [3.63, 3.8) is 0 Å². The third-order valence-electron chi connectivity index (χ3n) is 8.02. The number of imide groups is 1. The Morgan fingerprint density at radius 1 is 0.956 bits per heavy atom. The van der Waals surface area contributed by atoms with Gasteiger partial charge in [0.2, 0.25) is 11.6 Å². The first-order chi connectivity index (χ1) is 21.6. The maximum absolute atomic E-state index is 13.7. The molecule has 0 saturated heterocycles. The first-order valence-electron chi connectivity index (χ1n) is 14.6. The third kappa shape index (κ3) is 5.64. The lowest BCUT2D eigenvalue weighted by Crippen LogP contribution is -2.54. The number of ether oxygens (including phenoxy) is 1. The van der Waals surface area contributed by atoms with Crippen LogP contribution in [0.15, 0.2) is 60.8 Å². The third-order valence-corrected chi connectivity index (χ3v) is 8.02. The van der Waals surface area contributed by atoms with Gasteiger partial charge in [0, 0.05) is 12.6 Å². The van der Waals surface area contributed by atoms with Crippen molar-refractivity contribution in [2.45, 2.75) is 53.0 Å². The number of anilines is 1. The summed E-state index contributed by atoms with van der Waals surface area (Å²) in [5.41, 5.74) is 1.36. The van der Waals surface area contributed by atoms with Gasteiger partial charge in [0.25, 0.3) is 11.8 Å². The molecule has 1 aliphatic heterocycles. The summed E-state index contributed by atoms with van der Waals surface area (Å²) < 4.78 is 5.23. The number of hydrogen-bond donors (Lipinski definition) is 1. The Kier molecular flexibility index (Phi) is 8.70. The fourth-order valence-electron chi connectivity index (χ4n) is 5.36. The van der Waals surface area contributed by atoms with E-state index in [0.29, 0.717) is 33.5 Å². The van der Waals surface area contributed by atoms with Gasteiger partial charge in [-0.2, -0.15) is 0 Å². The zero-order chi connectivity index (χ0) is 32.3. The van der Waals surface area contributed by atoms with Gasteiger partial charge in [-0.3, -0.25) is 14.4 Å². The number of pyridine rings is 1. The highest BCUT2D eigenvalue weighted by Crippen LogP contribution is 2.31. The number of hydrogen-bond acceptors (Lipinski definition) is 10. The summed E-state index contributed by atoms with van der Waals surface area (Å²) in [4.78, 5) is 77.9. The van der Waals surface area contributed by atoms with E-state index < -0.39 is 41.1 Å². The van der Waals surface area contributed by atoms with E-state index in [2.05, 4.69) is 20.6 Å². The Hall–Kier alpha value is -5.46. The summed E-state index contributed by atoms with van der Waals surface area (Å²) >= 11 is 0. The second kappa shape index (κ2) is 12.6. The van der Waals surface area contributed by atoms with Gasteiger partial charge in [0.1, 0.15) is 17.0 Å². The van der Waals surface area contributed by atoms with Crippen molar-refractivity contribution in [3.05, 3.63) is 83.0 Å². The monoisotopic (exact) mass is 612 g/mol. The number of amides is 3. The van der Waals surface area contributed by atoms with E-state index in [1.807, 2.05) is 0 Å². The highest BCUT2D eigenvalue weighted by molar-refractivity contribution is 6.34. The van der Waals surface area contributed by atoms with Gasteiger partial charge in [-0.1, -0.05) is 38.1 Å². The van der Waals surface area contributed by atoms with Crippen LogP contribution < -0.4 is 15.1 Å². The van der Waals surface area contributed by atoms with Crippen LogP contribution in [-0.4, -0.2) is 62.5 Å². The normalized spacial score (nSPS) is 13.5. The second-order valence-electron chi connectivity index (χ2n) is 10.6. The Balaban J connectivity index is 1.34. The molecule has 0 bridgehead atoms. The molecule has 0 radical (unpaired) electrons. The standard InChI is InChI=1S/C32H32N6O7/c1-5-32(6-2,31(43)45-38-26-23(35-36-38)12-9-17-33-26)30(42)34-24(29(41)44-7-3)18-20-13-15-21(16-14-20)37-27(39)22-11-8-10-19(4)25(22)28(37)40/h8-17,24H,5-7,18H2,1-4H3,(H,34,42)/t24-/m0/s1. The molecule has 45 heavy (non-hydrogen) atoms. The smallest absolute Gasteiger partial charge is 0.350 e. The summed E-state index contributed by atoms with van der Waals surface area (Å²) in [6.07, 6.45) is 1.64. The molecule has 0 aliphatic carbocycles. The SMILES string of the molecule is CCOC(=O)[C@H](Cc1ccc(N2C(=O)c3cccc(C)c3C2=O)cc1)NC(=O)C(CC)(CC)C(=O)On1nnc2cccnc21. The Morgan fingerprint density at radius 3 is 2.36 bits per heavy atom. The highest BCUT2D eigenvalue weighted by atomic mass is 16.7. The van der Waals surface area contributed by atoms with E-state index in [4.69, 9.17) is 9.57 Å².